The van der Waals surface area contributed by atoms with Crippen LogP contribution in [0.15, 0.2) is 109 Å². The van der Waals surface area contributed by atoms with Gasteiger partial charge in [-0.15, -0.1) is 0 Å². The van der Waals surface area contributed by atoms with Crippen molar-refractivity contribution in [2.24, 2.45) is 5.73 Å². The van der Waals surface area contributed by atoms with Gasteiger partial charge in [0.1, 0.15) is 11.5 Å². The van der Waals surface area contributed by atoms with E-state index < -0.39 is 5.91 Å². The predicted octanol–water partition coefficient (Wildman–Crippen LogP) is 5.97. The van der Waals surface area contributed by atoms with Crippen molar-refractivity contribution in [3.8, 4) is 11.5 Å². The highest BCUT2D eigenvalue weighted by atomic mass is 16.5. The number of carbonyl (C=O) groups is 1. The molecule has 1 amide bonds. The molecule has 0 radical (unpaired) electrons. The second-order valence-corrected chi connectivity index (χ2v) is 9.62. The van der Waals surface area contributed by atoms with Gasteiger partial charge < -0.3 is 20.4 Å². The molecular weight excluding hydrogens is 472 g/mol. The SMILES string of the molecule is NC(=O)c1ccc(N2CCN(C(c3ccccc3)c3ccccc3)CC2)cc1Oc1ccc2[nH]ccc2c1. The summed E-state index contributed by atoms with van der Waals surface area (Å²) < 4.78 is 6.20. The molecule has 0 aliphatic carbocycles. The summed E-state index contributed by atoms with van der Waals surface area (Å²) in [6.07, 6.45) is 1.89. The van der Waals surface area contributed by atoms with Gasteiger partial charge in [0.2, 0.25) is 0 Å². The van der Waals surface area contributed by atoms with Gasteiger partial charge in [-0.25, -0.2) is 0 Å². The van der Waals surface area contributed by atoms with E-state index in [0.29, 0.717) is 17.1 Å². The Balaban J connectivity index is 1.23. The number of primary amides is 1. The largest absolute Gasteiger partial charge is 0.456 e. The molecule has 0 spiro atoms. The van der Waals surface area contributed by atoms with Gasteiger partial charge in [0.15, 0.2) is 0 Å². The number of carbonyl (C=O) groups excluding carboxylic acids is 1. The number of amides is 1. The van der Waals surface area contributed by atoms with Crippen LogP contribution in [0.1, 0.15) is 27.5 Å². The van der Waals surface area contributed by atoms with Crippen molar-refractivity contribution in [2.75, 3.05) is 31.1 Å². The zero-order valence-electron chi connectivity index (χ0n) is 21.1. The summed E-state index contributed by atoms with van der Waals surface area (Å²) in [5, 5.41) is 1.04. The van der Waals surface area contributed by atoms with Crippen molar-refractivity contribution in [3.05, 3.63) is 126 Å². The van der Waals surface area contributed by atoms with Crippen LogP contribution in [0.25, 0.3) is 10.9 Å². The third-order valence-corrected chi connectivity index (χ3v) is 7.26. The van der Waals surface area contributed by atoms with E-state index in [0.717, 1.165) is 42.8 Å². The van der Waals surface area contributed by atoms with Crippen molar-refractivity contribution in [1.82, 2.24) is 9.88 Å². The van der Waals surface area contributed by atoms with Crippen LogP contribution >= 0.6 is 0 Å². The molecule has 0 bridgehead atoms. The van der Waals surface area contributed by atoms with Crippen molar-refractivity contribution in [2.45, 2.75) is 6.04 Å². The van der Waals surface area contributed by atoms with Gasteiger partial charge in [-0.1, -0.05) is 60.7 Å². The van der Waals surface area contributed by atoms with Crippen LogP contribution < -0.4 is 15.4 Å². The summed E-state index contributed by atoms with van der Waals surface area (Å²) in [4.78, 5) is 20.2. The molecule has 1 aliphatic rings. The van der Waals surface area contributed by atoms with E-state index in [1.165, 1.54) is 11.1 Å². The molecule has 4 aromatic carbocycles. The molecule has 38 heavy (non-hydrogen) atoms. The molecule has 1 fully saturated rings. The van der Waals surface area contributed by atoms with Crippen LogP contribution in [0.2, 0.25) is 0 Å². The van der Waals surface area contributed by atoms with Crippen molar-refractivity contribution >= 4 is 22.5 Å². The summed E-state index contributed by atoms with van der Waals surface area (Å²) in [7, 11) is 0. The average Bonchev–Trinajstić information content (AvgIpc) is 3.43. The lowest BCUT2D eigenvalue weighted by molar-refractivity contribution is 0.0998. The number of nitrogens with two attached hydrogens (primary N) is 1. The van der Waals surface area contributed by atoms with Gasteiger partial charge in [-0.3, -0.25) is 9.69 Å². The first-order valence-corrected chi connectivity index (χ1v) is 12.9. The Morgan fingerprint density at radius 1 is 0.789 bits per heavy atom. The third kappa shape index (κ3) is 4.86. The summed E-state index contributed by atoms with van der Waals surface area (Å²) in [6.45, 7) is 3.54. The van der Waals surface area contributed by atoms with Gasteiger partial charge in [0.05, 0.1) is 11.6 Å². The molecule has 6 heteroatoms. The first kappa shape index (κ1) is 23.8. The second-order valence-electron chi connectivity index (χ2n) is 9.62. The second kappa shape index (κ2) is 10.4. The van der Waals surface area contributed by atoms with Crippen molar-refractivity contribution in [3.63, 3.8) is 0 Å². The fourth-order valence-corrected chi connectivity index (χ4v) is 5.34. The number of fused-ring (bicyclic) bond motifs is 1. The number of nitrogens with one attached hydrogen (secondary N) is 1. The highest BCUT2D eigenvalue weighted by Gasteiger charge is 2.27. The van der Waals surface area contributed by atoms with Gasteiger partial charge >= 0.3 is 0 Å². The van der Waals surface area contributed by atoms with E-state index in [-0.39, 0.29) is 6.04 Å². The number of hydrogen-bond donors (Lipinski definition) is 2. The number of rotatable bonds is 7. The maximum Gasteiger partial charge on any atom is 0.252 e. The smallest absolute Gasteiger partial charge is 0.252 e. The molecule has 3 N–H and O–H groups in total. The molecular formula is C32H30N4O2. The topological polar surface area (TPSA) is 74.6 Å². The van der Waals surface area contributed by atoms with Crippen LogP contribution in [0, 0.1) is 0 Å². The van der Waals surface area contributed by atoms with Crippen LogP contribution in [-0.2, 0) is 0 Å². The van der Waals surface area contributed by atoms with Gasteiger partial charge in [-0.2, -0.15) is 0 Å². The lowest BCUT2D eigenvalue weighted by Gasteiger charge is -2.40. The molecule has 2 heterocycles. The number of benzene rings is 4. The molecule has 1 aromatic heterocycles. The minimum Gasteiger partial charge on any atom is -0.456 e. The Morgan fingerprint density at radius 2 is 1.47 bits per heavy atom. The van der Waals surface area contributed by atoms with Crippen molar-refractivity contribution in [1.29, 1.82) is 0 Å². The van der Waals surface area contributed by atoms with Crippen molar-refractivity contribution < 1.29 is 9.53 Å². The summed E-state index contributed by atoms with van der Waals surface area (Å²) in [5.74, 6) is 0.626. The van der Waals surface area contributed by atoms with Gasteiger partial charge in [0.25, 0.3) is 5.91 Å². The minimum atomic E-state index is -0.507. The maximum atomic E-state index is 12.2. The Hall–Kier alpha value is -4.55. The summed E-state index contributed by atoms with van der Waals surface area (Å²) >= 11 is 0. The first-order valence-electron chi connectivity index (χ1n) is 12.9. The summed E-state index contributed by atoms with van der Waals surface area (Å²) in [5.41, 5.74) is 10.7. The average molecular weight is 503 g/mol. The fraction of sp³-hybridized carbons (Fsp3) is 0.156. The number of aromatic amines is 1. The Bertz CT molecular complexity index is 1500. The van der Waals surface area contributed by atoms with Crippen LogP contribution in [0.5, 0.6) is 11.5 Å². The number of piperazine rings is 1. The number of anilines is 1. The highest BCUT2D eigenvalue weighted by Crippen LogP contribution is 2.34. The number of ether oxygens (including phenoxy) is 1. The van der Waals surface area contributed by atoms with E-state index in [1.54, 1.807) is 6.07 Å². The monoisotopic (exact) mass is 502 g/mol. The Kier molecular flexibility index (Phi) is 6.54. The van der Waals surface area contributed by atoms with Gasteiger partial charge in [-0.05, 0) is 47.5 Å². The molecule has 0 atom stereocenters. The lowest BCUT2D eigenvalue weighted by Crippen LogP contribution is -2.48. The van der Waals surface area contributed by atoms with Crippen LogP contribution in [0.3, 0.4) is 0 Å². The van der Waals surface area contributed by atoms with Crippen LogP contribution in [-0.4, -0.2) is 42.0 Å². The number of hydrogen-bond acceptors (Lipinski definition) is 4. The molecule has 6 rings (SSSR count). The van der Waals surface area contributed by atoms with Gasteiger partial charge in [0, 0.05) is 55.0 Å². The molecule has 0 unspecified atom stereocenters. The Morgan fingerprint density at radius 3 is 2.13 bits per heavy atom. The molecule has 0 saturated carbocycles. The van der Waals surface area contributed by atoms with E-state index in [2.05, 4.69) is 75.4 Å². The molecule has 1 aliphatic heterocycles. The van der Waals surface area contributed by atoms with E-state index in [4.69, 9.17) is 10.5 Å². The molecule has 6 nitrogen and oxygen atoms in total. The number of H-pyrrole nitrogens is 1. The number of nitrogens with zero attached hydrogens (tertiary/aromatic N) is 2. The summed E-state index contributed by atoms with van der Waals surface area (Å²) in [6, 6.07) is 35.1. The molecule has 1 saturated heterocycles. The Labute approximate surface area is 222 Å². The van der Waals surface area contributed by atoms with E-state index >= 15 is 0 Å². The lowest BCUT2D eigenvalue weighted by atomic mass is 9.96. The third-order valence-electron chi connectivity index (χ3n) is 7.26. The fourth-order valence-electron chi connectivity index (χ4n) is 5.34. The normalized spacial score (nSPS) is 14.2. The predicted molar refractivity (Wildman–Crippen MR) is 152 cm³/mol. The zero-order chi connectivity index (χ0) is 25.9. The standard InChI is InChI=1S/C32H30N4O2/c33-32(37)28-13-11-26(22-30(28)38-27-12-14-29-25(21-27)15-16-34-29)35-17-19-36(20-18-35)31(23-7-3-1-4-8-23)24-9-5-2-6-10-24/h1-16,21-22,31,34H,17-20H2,(H2,33,37). The highest BCUT2D eigenvalue weighted by molar-refractivity contribution is 5.96. The quantitative estimate of drug-likeness (QED) is 0.288. The first-order chi connectivity index (χ1) is 18.7. The number of aromatic nitrogens is 1. The van der Waals surface area contributed by atoms with E-state index in [9.17, 15) is 4.79 Å². The minimum absolute atomic E-state index is 0.207. The molecule has 190 valence electrons. The maximum absolute atomic E-state index is 12.2. The molecule has 5 aromatic rings. The van der Waals surface area contributed by atoms with E-state index in [1.807, 2.05) is 42.6 Å². The zero-order valence-corrected chi connectivity index (χ0v) is 21.1. The van der Waals surface area contributed by atoms with Crippen LogP contribution in [0.4, 0.5) is 5.69 Å².